The number of ether oxygens (including phenoxy) is 1. The van der Waals surface area contributed by atoms with Gasteiger partial charge in [-0.25, -0.2) is 0 Å². The molecule has 2 nitrogen and oxygen atoms in total. The van der Waals surface area contributed by atoms with E-state index in [9.17, 15) is 0 Å². The zero-order valence-electron chi connectivity index (χ0n) is 11.3. The molecule has 2 heterocycles. The highest BCUT2D eigenvalue weighted by Gasteiger charge is 2.39. The summed E-state index contributed by atoms with van der Waals surface area (Å²) < 4.78 is 6.20. The van der Waals surface area contributed by atoms with Crippen molar-refractivity contribution in [3.05, 3.63) is 47.4 Å². The number of allylic oxidation sites excluding steroid dienone is 5. The van der Waals surface area contributed by atoms with Crippen LogP contribution < -0.4 is 5.32 Å². The molecule has 3 aliphatic rings. The molecule has 96 valence electrons. The van der Waals surface area contributed by atoms with Crippen LogP contribution in [0.3, 0.4) is 0 Å². The van der Waals surface area contributed by atoms with Crippen LogP contribution in [0.2, 0.25) is 0 Å². The molecule has 0 fully saturated rings. The van der Waals surface area contributed by atoms with Crippen LogP contribution in [0, 0.1) is 17.8 Å². The van der Waals surface area contributed by atoms with E-state index in [1.165, 1.54) is 17.0 Å². The first-order chi connectivity index (χ1) is 8.72. The Hall–Kier alpha value is -1.44. The molecule has 0 saturated heterocycles. The molecule has 0 radical (unpaired) electrons. The van der Waals surface area contributed by atoms with Crippen LogP contribution in [0.1, 0.15) is 20.8 Å². The van der Waals surface area contributed by atoms with Gasteiger partial charge in [0.15, 0.2) is 0 Å². The minimum absolute atomic E-state index is 0.226. The molecule has 1 aliphatic carbocycles. The van der Waals surface area contributed by atoms with Crippen LogP contribution in [0.5, 0.6) is 0 Å². The van der Waals surface area contributed by atoms with Gasteiger partial charge in [-0.2, -0.15) is 0 Å². The van der Waals surface area contributed by atoms with Crippen molar-refractivity contribution in [1.29, 1.82) is 0 Å². The average molecular weight is 243 g/mol. The standard InChI is InChI=1S/C16H21NO/c1-4-14-10(2)11(3)16-13(9-17-14)12-7-5-6-8-15(12)18-16/h4-8,10-12,15,17H,9H2,1-3H3/b14-4+/t10?,11-,12?,15?/m0/s1. The highest BCUT2D eigenvalue weighted by atomic mass is 16.5. The van der Waals surface area contributed by atoms with E-state index in [2.05, 4.69) is 56.5 Å². The lowest BCUT2D eigenvalue weighted by Crippen LogP contribution is -2.26. The van der Waals surface area contributed by atoms with Crippen LogP contribution in [-0.2, 0) is 4.74 Å². The molecule has 0 aromatic rings. The SMILES string of the molecule is C/C=C1/NCC2=C(OC3C=CC=CC23)[C@@H](C)C1C. The molecule has 0 aromatic heterocycles. The monoisotopic (exact) mass is 243 g/mol. The molecule has 0 spiro atoms. The summed E-state index contributed by atoms with van der Waals surface area (Å²) in [6.07, 6.45) is 11.1. The first-order valence-electron chi connectivity index (χ1n) is 6.87. The van der Waals surface area contributed by atoms with Crippen molar-refractivity contribution in [2.24, 2.45) is 17.8 Å². The fraction of sp³-hybridized carbons (Fsp3) is 0.500. The van der Waals surface area contributed by atoms with Gasteiger partial charge in [-0.15, -0.1) is 0 Å². The number of rotatable bonds is 0. The Kier molecular flexibility index (Phi) is 2.81. The summed E-state index contributed by atoms with van der Waals surface area (Å²) in [4.78, 5) is 0. The molecule has 2 aliphatic heterocycles. The molecular formula is C16H21NO. The summed E-state index contributed by atoms with van der Waals surface area (Å²) >= 11 is 0. The fourth-order valence-electron chi connectivity index (χ4n) is 3.22. The predicted octanol–water partition coefficient (Wildman–Crippen LogP) is 3.16. The third-order valence-electron chi connectivity index (χ3n) is 4.51. The van der Waals surface area contributed by atoms with Crippen molar-refractivity contribution < 1.29 is 4.74 Å². The van der Waals surface area contributed by atoms with Crippen LogP contribution in [0.15, 0.2) is 47.4 Å². The fourth-order valence-corrected chi connectivity index (χ4v) is 3.22. The smallest absolute Gasteiger partial charge is 0.127 e. The van der Waals surface area contributed by atoms with Gasteiger partial charge in [0.1, 0.15) is 11.9 Å². The first kappa shape index (κ1) is 11.6. The van der Waals surface area contributed by atoms with E-state index in [0.29, 0.717) is 17.8 Å². The first-order valence-corrected chi connectivity index (χ1v) is 6.87. The third kappa shape index (κ3) is 1.63. The zero-order chi connectivity index (χ0) is 12.7. The van der Waals surface area contributed by atoms with Gasteiger partial charge in [0.2, 0.25) is 0 Å². The summed E-state index contributed by atoms with van der Waals surface area (Å²) in [5.41, 5.74) is 2.78. The molecule has 1 N–H and O–H groups in total. The molecule has 3 unspecified atom stereocenters. The minimum atomic E-state index is 0.226. The van der Waals surface area contributed by atoms with E-state index in [1.54, 1.807) is 0 Å². The summed E-state index contributed by atoms with van der Waals surface area (Å²) in [7, 11) is 0. The Morgan fingerprint density at radius 3 is 2.78 bits per heavy atom. The molecule has 4 atom stereocenters. The van der Waals surface area contributed by atoms with Gasteiger partial charge in [-0.3, -0.25) is 0 Å². The van der Waals surface area contributed by atoms with Crippen molar-refractivity contribution in [3.8, 4) is 0 Å². The van der Waals surface area contributed by atoms with Crippen molar-refractivity contribution in [2.45, 2.75) is 26.9 Å². The summed E-state index contributed by atoms with van der Waals surface area (Å²) in [5.74, 6) is 2.60. The Bertz CT molecular complexity index is 469. The predicted molar refractivity (Wildman–Crippen MR) is 73.8 cm³/mol. The van der Waals surface area contributed by atoms with Crippen molar-refractivity contribution in [1.82, 2.24) is 5.32 Å². The normalized spacial score (nSPS) is 40.1. The molecule has 3 rings (SSSR count). The Morgan fingerprint density at radius 1 is 1.22 bits per heavy atom. The quantitative estimate of drug-likeness (QED) is 0.705. The number of nitrogens with one attached hydrogen (secondary N) is 1. The minimum Gasteiger partial charge on any atom is -0.489 e. The highest BCUT2D eigenvalue weighted by molar-refractivity contribution is 5.36. The molecule has 0 saturated carbocycles. The second kappa shape index (κ2) is 4.34. The molecule has 0 bridgehead atoms. The van der Waals surface area contributed by atoms with Crippen LogP contribution >= 0.6 is 0 Å². The molecule has 18 heavy (non-hydrogen) atoms. The van der Waals surface area contributed by atoms with Gasteiger partial charge < -0.3 is 10.1 Å². The van der Waals surface area contributed by atoms with Crippen LogP contribution in [0.25, 0.3) is 0 Å². The molecule has 0 aromatic carbocycles. The lowest BCUT2D eigenvalue weighted by molar-refractivity contribution is 0.133. The maximum absolute atomic E-state index is 6.20. The Morgan fingerprint density at radius 2 is 2.00 bits per heavy atom. The number of hydrogen-bond donors (Lipinski definition) is 1. The molecule has 2 heteroatoms. The maximum Gasteiger partial charge on any atom is 0.127 e. The molecular weight excluding hydrogens is 222 g/mol. The van der Waals surface area contributed by atoms with Gasteiger partial charge in [0.25, 0.3) is 0 Å². The van der Waals surface area contributed by atoms with E-state index in [4.69, 9.17) is 4.74 Å². The van der Waals surface area contributed by atoms with Crippen LogP contribution in [-0.4, -0.2) is 12.6 Å². The second-order valence-electron chi connectivity index (χ2n) is 5.44. The highest BCUT2D eigenvalue weighted by Crippen LogP contribution is 2.42. The maximum atomic E-state index is 6.20. The lowest BCUT2D eigenvalue weighted by Gasteiger charge is -2.24. The number of hydrogen-bond acceptors (Lipinski definition) is 2. The second-order valence-corrected chi connectivity index (χ2v) is 5.44. The average Bonchev–Trinajstić information content (AvgIpc) is 2.72. The van der Waals surface area contributed by atoms with Gasteiger partial charge in [-0.05, 0) is 18.6 Å². The van der Waals surface area contributed by atoms with E-state index in [0.717, 1.165) is 6.54 Å². The number of fused-ring (bicyclic) bond motifs is 2. The van der Waals surface area contributed by atoms with Crippen LogP contribution in [0.4, 0.5) is 0 Å². The third-order valence-corrected chi connectivity index (χ3v) is 4.51. The zero-order valence-corrected chi connectivity index (χ0v) is 11.3. The topological polar surface area (TPSA) is 21.3 Å². The van der Waals surface area contributed by atoms with E-state index >= 15 is 0 Å². The molecule has 0 amide bonds. The lowest BCUT2D eigenvalue weighted by atomic mass is 9.87. The van der Waals surface area contributed by atoms with E-state index in [1.807, 2.05) is 0 Å². The van der Waals surface area contributed by atoms with Gasteiger partial charge in [-0.1, -0.05) is 38.2 Å². The van der Waals surface area contributed by atoms with Crippen molar-refractivity contribution >= 4 is 0 Å². The van der Waals surface area contributed by atoms with Gasteiger partial charge >= 0.3 is 0 Å². The Labute approximate surface area is 109 Å². The summed E-state index contributed by atoms with van der Waals surface area (Å²) in [6, 6.07) is 0. The largest absolute Gasteiger partial charge is 0.489 e. The van der Waals surface area contributed by atoms with Crippen molar-refractivity contribution in [2.75, 3.05) is 6.54 Å². The summed E-state index contributed by atoms with van der Waals surface area (Å²) in [5, 5.41) is 3.58. The van der Waals surface area contributed by atoms with Crippen molar-refractivity contribution in [3.63, 3.8) is 0 Å². The van der Waals surface area contributed by atoms with Gasteiger partial charge in [0.05, 0.1) is 0 Å². The van der Waals surface area contributed by atoms with Gasteiger partial charge in [0, 0.05) is 30.0 Å². The van der Waals surface area contributed by atoms with E-state index in [-0.39, 0.29) is 6.10 Å². The Balaban J connectivity index is 1.95. The summed E-state index contributed by atoms with van der Waals surface area (Å²) in [6.45, 7) is 7.58. The van der Waals surface area contributed by atoms with E-state index < -0.39 is 0 Å².